The minimum Gasteiger partial charge on any atom is -0.481 e. The van der Waals surface area contributed by atoms with E-state index in [0.29, 0.717) is 63.4 Å². The van der Waals surface area contributed by atoms with Gasteiger partial charge in [0.25, 0.3) is 0 Å². The number of amides is 9. The van der Waals surface area contributed by atoms with Gasteiger partial charge in [-0.3, -0.25) is 67.9 Å². The third-order valence-corrected chi connectivity index (χ3v) is 24.1. The molecule has 0 fully saturated rings. The summed E-state index contributed by atoms with van der Waals surface area (Å²) in [6.07, 6.45) is 2.25. The summed E-state index contributed by atoms with van der Waals surface area (Å²) in [7, 11) is 1.76. The number of nitrogens with zero attached hydrogens (tertiary/aromatic N) is 4. The van der Waals surface area contributed by atoms with Gasteiger partial charge in [-0.05, 0) is 199 Å². The molecule has 9 rings (SSSR count). The van der Waals surface area contributed by atoms with Crippen molar-refractivity contribution in [1.29, 1.82) is 0 Å². The van der Waals surface area contributed by atoms with Crippen LogP contribution in [0.15, 0.2) is 243 Å². The number of methoxy groups -OCH3 is 3. The average molecular weight is 1960 g/mol. The van der Waals surface area contributed by atoms with Gasteiger partial charge in [0.2, 0.25) is 17.7 Å². The highest BCUT2D eigenvalue weighted by Crippen LogP contribution is 2.36. The first-order valence-electron chi connectivity index (χ1n) is 43.5. The van der Waals surface area contributed by atoms with Gasteiger partial charge in [-0.15, -0.1) is 0 Å². The molecule has 0 radical (unpaired) electrons. The Balaban J connectivity index is 0.000000820. The smallest absolute Gasteiger partial charge is 0.396 e. The number of carbonyl (C=O) groups is 15. The number of nitrogens with one attached hydrogen (secondary N) is 7. The lowest BCUT2D eigenvalue weighted by molar-refractivity contribution is -0.150. The number of nitrogen functional groups attached to an aromatic ring is 1. The van der Waals surface area contributed by atoms with Crippen LogP contribution in [0, 0.1) is 0 Å². The molecule has 17 N–H and O–H groups in total. The Hall–Kier alpha value is -14.9. The number of anilines is 9. The van der Waals surface area contributed by atoms with Crippen LogP contribution in [0.25, 0.3) is 0 Å². The first-order valence-corrected chi connectivity index (χ1v) is 46.8. The number of halogens is 1. The van der Waals surface area contributed by atoms with Crippen molar-refractivity contribution in [2.45, 2.75) is 118 Å². The number of carbonyl (C=O) groups excluding carboxylic acids is 13. The summed E-state index contributed by atoms with van der Waals surface area (Å²) >= 11 is 4.61. The summed E-state index contributed by atoms with van der Waals surface area (Å²) in [6.45, 7) is 28.5. The number of benzene rings is 9. The Morgan fingerprint density at radius 1 is 0.374 bits per heavy atom. The highest BCUT2D eigenvalue weighted by Gasteiger charge is 2.37. The number of hydrogen-bond acceptors (Lipinski definition) is 27. The van der Waals surface area contributed by atoms with Gasteiger partial charge in [0, 0.05) is 77.4 Å². The molecular formula is C99H128ClN13O25Si. The van der Waals surface area contributed by atoms with Crippen LogP contribution in [0.2, 0.25) is 18.1 Å². The normalized spacial score (nSPS) is 10.0. The lowest BCUT2D eigenvalue weighted by Crippen LogP contribution is -2.41. The number of aliphatic hydroxyl groups is 1. The third-order valence-electron chi connectivity index (χ3n) is 19.4. The molecule has 750 valence electrons. The van der Waals surface area contributed by atoms with E-state index in [0.717, 1.165) is 81.1 Å². The number of nitrogens with two attached hydrogens (primary N) is 2. The second-order valence-corrected chi connectivity index (χ2v) is 35.7. The molecule has 0 saturated heterocycles. The van der Waals surface area contributed by atoms with Crippen molar-refractivity contribution in [3.8, 4) is 0 Å². The number of aliphatic carboxylic acids is 2. The van der Waals surface area contributed by atoms with Crippen molar-refractivity contribution in [3.63, 3.8) is 0 Å². The second-order valence-electron chi connectivity index (χ2n) is 30.5. The molecule has 0 spiro atoms. The zero-order chi connectivity index (χ0) is 104. The SMILES string of the molecule is CC(C)(C)[Si](C)(C)OCCNc1ccccc1.CCCN(C(=O)Cc1ccc(NC(=O)C(=O)NO)cc1)c1ccccc1.CCCN(C(=O)Cc1ccc(NC(=O)C(=O)OC)cc1)c1ccccc1.CCN(CC)CC.COC(=O)C(=O)Cl.COC(=O)C(=O)Nc1ccc(CC(=O)O)cc1.NO.Nc1ccc(CC(=O)O)cc1.O=C(NO)C(=O)Nc1ccc(CC(=O)N(CCO)c2ccccc2)cc1. The van der Waals surface area contributed by atoms with E-state index in [1.54, 1.807) is 131 Å². The van der Waals surface area contributed by atoms with E-state index in [1.165, 1.54) is 47.6 Å². The fraction of sp³-hybridized carbons (Fsp3) is 0.303. The molecule has 0 aromatic heterocycles. The van der Waals surface area contributed by atoms with E-state index < -0.39 is 78.8 Å². The molecule has 0 heterocycles. The maximum absolute atomic E-state index is 12.7. The van der Waals surface area contributed by atoms with Crippen molar-refractivity contribution >= 4 is 159 Å². The quantitative estimate of drug-likeness (QED) is 0.00214. The molecule has 139 heavy (non-hydrogen) atoms. The van der Waals surface area contributed by atoms with Gasteiger partial charge >= 0.3 is 70.5 Å². The lowest BCUT2D eigenvalue weighted by atomic mass is 10.1. The molecule has 38 nitrogen and oxygen atoms in total. The molecule has 0 aliphatic heterocycles. The minimum atomic E-state index is -1.58. The fourth-order valence-corrected chi connectivity index (χ4v) is 12.4. The number of aliphatic hydroxyl groups excluding tert-OH is 1. The van der Waals surface area contributed by atoms with Crippen molar-refractivity contribution in [2.24, 2.45) is 5.90 Å². The summed E-state index contributed by atoms with van der Waals surface area (Å²) in [6, 6.07) is 71.1. The van der Waals surface area contributed by atoms with Gasteiger partial charge in [0.05, 0.1) is 66.6 Å². The Kier molecular flexibility index (Phi) is 60.6. The van der Waals surface area contributed by atoms with E-state index in [2.05, 4.69) is 130 Å². The van der Waals surface area contributed by atoms with Crippen LogP contribution in [0.4, 0.5) is 51.2 Å². The van der Waals surface area contributed by atoms with Crippen LogP contribution >= 0.6 is 11.6 Å². The number of rotatable bonds is 32. The number of carboxylic acids is 2. The largest absolute Gasteiger partial charge is 0.481 e. The molecule has 9 aromatic rings. The van der Waals surface area contributed by atoms with Crippen molar-refractivity contribution < 1.29 is 121 Å². The van der Waals surface area contributed by atoms with Crippen LogP contribution in [0.1, 0.15) is 96.0 Å². The number of esters is 3. The van der Waals surface area contributed by atoms with Gasteiger partial charge in [-0.1, -0.05) is 189 Å². The first kappa shape index (κ1) is 122. The molecule has 0 bridgehead atoms. The predicted molar refractivity (Wildman–Crippen MR) is 533 cm³/mol. The predicted octanol–water partition coefficient (Wildman–Crippen LogP) is 11.6. The highest BCUT2D eigenvalue weighted by molar-refractivity contribution is 6.80. The van der Waals surface area contributed by atoms with Gasteiger partial charge in [-0.2, -0.15) is 0 Å². The van der Waals surface area contributed by atoms with Gasteiger partial charge in [0.15, 0.2) is 8.32 Å². The van der Waals surface area contributed by atoms with Gasteiger partial charge in [0.1, 0.15) is 0 Å². The number of para-hydroxylation sites is 4. The zero-order valence-electron chi connectivity index (χ0n) is 80.2. The van der Waals surface area contributed by atoms with E-state index in [4.69, 9.17) is 36.0 Å². The maximum Gasteiger partial charge on any atom is 0.396 e. The summed E-state index contributed by atoms with van der Waals surface area (Å²) < 4.78 is 18.6. The molecule has 0 aliphatic rings. The van der Waals surface area contributed by atoms with Crippen LogP contribution < -0.4 is 63.9 Å². The first-order chi connectivity index (χ1) is 66.2. The number of ether oxygens (including phenoxy) is 3. The lowest BCUT2D eigenvalue weighted by Gasteiger charge is -2.36. The third kappa shape index (κ3) is 50.5. The van der Waals surface area contributed by atoms with Crippen molar-refractivity contribution in [1.82, 2.24) is 15.9 Å². The van der Waals surface area contributed by atoms with E-state index >= 15 is 0 Å². The van der Waals surface area contributed by atoms with Crippen LogP contribution in [0.3, 0.4) is 0 Å². The molecule has 0 aliphatic carbocycles. The standard InChI is InChI=1S/C20H22N2O4.C19H21N3O4.C18H19N3O5.C14H25NOSi.C11H11NO5.C8H9NO2.C6H15N.C3H3ClO3.H3NO/c1-3-13-22(17-7-5-4-6-8-17)18(23)14-15-9-11-16(12-10-15)21-19(24)20(25)26-2;1-2-12-22(16-6-4-3-5-7-16)17(23)13-14-8-10-15(11-9-14)20-18(24)19(25)21-26;22-11-10-21(15-4-2-1-3-5-15)16(23)12-13-6-8-14(9-7-13)19-17(24)18(25)20-26;1-14(2,3)17(4,5)16-12-11-15-13-9-7-6-8-10-13;1-17-11(16)10(15)12-8-4-2-7(3-5-8)6-9(13)14;9-7-3-1-6(2-4-7)5-8(10)11;1-4-7(5-2)6-3;1-7-3(6)2(4)5;1-2/h4-12H,3,13-14H2,1-2H3,(H,21,24);3-11,26H,2,12-13H2,1H3,(H,20,24)(H,21,25);1-9,22,26H,10-12H2,(H,19,24)(H,20,25);6-10,15H,11-12H2,1-5H3;2-5H,6H2,1H3,(H,12,15)(H,13,14);1-4H,5,9H2,(H,10,11);4-6H2,1-3H3;1H3;2H,1H2. The van der Waals surface area contributed by atoms with Crippen molar-refractivity contribution in [3.05, 3.63) is 270 Å². The van der Waals surface area contributed by atoms with Crippen LogP contribution in [-0.4, -0.2) is 213 Å². The summed E-state index contributed by atoms with van der Waals surface area (Å²) in [5.74, 6) is -7.44. The Bertz CT molecular complexity index is 4910. The van der Waals surface area contributed by atoms with Gasteiger partial charge < -0.3 is 91.1 Å². The average Bonchev–Trinajstić information content (AvgIpc) is 0.838. The summed E-state index contributed by atoms with van der Waals surface area (Å²) in [4.78, 5) is 175. The topological polar surface area (TPSA) is 564 Å². The Morgan fingerprint density at radius 3 is 0.885 bits per heavy atom. The molecule has 0 atom stereocenters. The van der Waals surface area contributed by atoms with E-state index in [1.807, 2.05) is 111 Å². The molecule has 0 saturated carbocycles. The maximum atomic E-state index is 12.7. The second kappa shape index (κ2) is 69.0. The molecule has 9 amide bonds. The molecular weight excluding hydrogens is 1830 g/mol. The van der Waals surface area contributed by atoms with E-state index in [-0.39, 0.29) is 63.0 Å². The van der Waals surface area contributed by atoms with Gasteiger partial charge in [-0.25, -0.2) is 31.2 Å². The molecule has 9 aromatic carbocycles. The zero-order valence-corrected chi connectivity index (χ0v) is 81.9. The number of carboxylic acid groups (broad SMARTS) is 2. The minimum absolute atomic E-state index is 0.00407. The highest BCUT2D eigenvalue weighted by atomic mass is 35.5. The molecule has 40 heteroatoms. The fourth-order valence-electron chi connectivity index (χ4n) is 11.2. The van der Waals surface area contributed by atoms with Crippen LogP contribution in [0.5, 0.6) is 0 Å². The number of hydrogen-bond donors (Lipinski definition) is 15. The number of hydroxylamine groups is 2. The monoisotopic (exact) mass is 1960 g/mol. The van der Waals surface area contributed by atoms with E-state index in [9.17, 15) is 77.0 Å². The van der Waals surface area contributed by atoms with Crippen LogP contribution in [-0.2, 0) is 123 Å². The summed E-state index contributed by atoms with van der Waals surface area (Å²) in [5.41, 5.74) is 17.5. The molecule has 0 unspecified atom stereocenters. The Morgan fingerprint density at radius 2 is 0.647 bits per heavy atom. The Labute approximate surface area is 814 Å². The van der Waals surface area contributed by atoms with Crippen molar-refractivity contribution in [2.75, 3.05) is 127 Å². The summed E-state index contributed by atoms with van der Waals surface area (Å²) in [5, 5.41) is 61.4.